The van der Waals surface area contributed by atoms with Crippen LogP contribution in [0.15, 0.2) is 53.3 Å². The van der Waals surface area contributed by atoms with Crippen molar-refractivity contribution < 1.29 is 14.3 Å². The first-order chi connectivity index (χ1) is 13.5. The van der Waals surface area contributed by atoms with Crippen molar-refractivity contribution >= 4 is 28.6 Å². The molecule has 0 radical (unpaired) electrons. The second-order valence-electron chi connectivity index (χ2n) is 6.12. The molecule has 0 saturated carbocycles. The number of nitrogens with zero attached hydrogens (tertiary/aromatic N) is 2. The maximum atomic E-state index is 12.7. The first-order valence-corrected chi connectivity index (χ1v) is 8.75. The number of nitrogens with one attached hydrogen (secondary N) is 2. The number of ether oxygens (including phenoxy) is 1. The fourth-order valence-corrected chi connectivity index (χ4v) is 2.74. The molecule has 0 aliphatic rings. The Hall–Kier alpha value is -3.68. The van der Waals surface area contributed by atoms with Crippen molar-refractivity contribution in [2.45, 2.75) is 13.5 Å². The molecule has 8 heteroatoms. The fourth-order valence-electron chi connectivity index (χ4n) is 2.74. The zero-order valence-corrected chi connectivity index (χ0v) is 15.6. The predicted molar refractivity (Wildman–Crippen MR) is 105 cm³/mol. The minimum atomic E-state index is -0.585. The number of anilines is 1. The van der Waals surface area contributed by atoms with E-state index in [2.05, 4.69) is 15.3 Å². The van der Waals surface area contributed by atoms with Gasteiger partial charge in [0, 0.05) is 18.3 Å². The highest BCUT2D eigenvalue weighted by Crippen LogP contribution is 2.14. The second-order valence-corrected chi connectivity index (χ2v) is 6.12. The standard InChI is InChI=1S/C20H20N4O4/c1-3-28-20(27)21-14-8-6-7-13(11-14)19(26)24(2)12-17-22-16-10-5-4-9-15(16)18(25)23-17/h4-11H,3,12H2,1-2H3,(H,21,27)(H,22,23,25). The number of para-hydroxylation sites is 1. The van der Waals surface area contributed by atoms with Crippen molar-refractivity contribution in [2.24, 2.45) is 0 Å². The van der Waals surface area contributed by atoms with E-state index < -0.39 is 6.09 Å². The molecule has 1 aromatic heterocycles. The van der Waals surface area contributed by atoms with Crippen molar-refractivity contribution in [2.75, 3.05) is 19.0 Å². The molecule has 0 atom stereocenters. The van der Waals surface area contributed by atoms with Gasteiger partial charge in [-0.05, 0) is 37.3 Å². The van der Waals surface area contributed by atoms with E-state index in [0.717, 1.165) is 0 Å². The average molecular weight is 380 g/mol. The van der Waals surface area contributed by atoms with Gasteiger partial charge in [0.1, 0.15) is 5.82 Å². The van der Waals surface area contributed by atoms with Crippen molar-refractivity contribution in [3.63, 3.8) is 0 Å². The van der Waals surface area contributed by atoms with Crippen LogP contribution in [0.25, 0.3) is 10.9 Å². The molecule has 28 heavy (non-hydrogen) atoms. The highest BCUT2D eigenvalue weighted by atomic mass is 16.5. The van der Waals surface area contributed by atoms with Gasteiger partial charge < -0.3 is 14.6 Å². The van der Waals surface area contributed by atoms with Crippen molar-refractivity contribution in [1.82, 2.24) is 14.9 Å². The minimum Gasteiger partial charge on any atom is -0.450 e. The van der Waals surface area contributed by atoms with Crippen LogP contribution in [-0.4, -0.2) is 40.5 Å². The quantitative estimate of drug-likeness (QED) is 0.708. The molecule has 2 N–H and O–H groups in total. The van der Waals surface area contributed by atoms with Crippen LogP contribution in [0, 0.1) is 0 Å². The van der Waals surface area contributed by atoms with E-state index in [1.165, 1.54) is 4.90 Å². The number of hydrogen-bond acceptors (Lipinski definition) is 5. The molecule has 0 fully saturated rings. The molecular formula is C20H20N4O4. The van der Waals surface area contributed by atoms with Crippen LogP contribution in [0.5, 0.6) is 0 Å². The third kappa shape index (κ3) is 4.35. The molecule has 0 aliphatic carbocycles. The van der Waals surface area contributed by atoms with Gasteiger partial charge >= 0.3 is 6.09 Å². The van der Waals surface area contributed by atoms with E-state index >= 15 is 0 Å². The van der Waals surface area contributed by atoms with Gasteiger partial charge in [-0.1, -0.05) is 18.2 Å². The summed E-state index contributed by atoms with van der Waals surface area (Å²) in [5.74, 6) is 0.115. The number of hydrogen-bond donors (Lipinski definition) is 2. The van der Waals surface area contributed by atoms with Crippen molar-refractivity contribution in [3.05, 3.63) is 70.3 Å². The smallest absolute Gasteiger partial charge is 0.411 e. The Kier molecular flexibility index (Phi) is 5.69. The summed E-state index contributed by atoms with van der Waals surface area (Å²) >= 11 is 0. The first-order valence-electron chi connectivity index (χ1n) is 8.75. The molecule has 0 unspecified atom stereocenters. The molecule has 0 bridgehead atoms. The van der Waals surface area contributed by atoms with Gasteiger partial charge in [-0.3, -0.25) is 14.9 Å². The van der Waals surface area contributed by atoms with E-state index in [4.69, 9.17) is 4.74 Å². The van der Waals surface area contributed by atoms with Crippen LogP contribution in [0.2, 0.25) is 0 Å². The van der Waals surface area contributed by atoms with Crippen LogP contribution >= 0.6 is 0 Å². The van der Waals surface area contributed by atoms with Crippen LogP contribution in [0.1, 0.15) is 23.1 Å². The Morgan fingerprint density at radius 3 is 2.75 bits per heavy atom. The molecule has 8 nitrogen and oxygen atoms in total. The van der Waals surface area contributed by atoms with E-state index in [1.54, 1.807) is 62.5 Å². The molecule has 0 spiro atoms. The van der Waals surface area contributed by atoms with Crippen molar-refractivity contribution in [3.8, 4) is 0 Å². The maximum Gasteiger partial charge on any atom is 0.411 e. The third-order valence-electron chi connectivity index (χ3n) is 4.03. The van der Waals surface area contributed by atoms with Crippen molar-refractivity contribution in [1.29, 1.82) is 0 Å². The summed E-state index contributed by atoms with van der Waals surface area (Å²) in [4.78, 5) is 45.0. The summed E-state index contributed by atoms with van der Waals surface area (Å²) in [6, 6.07) is 13.6. The van der Waals surface area contributed by atoms with Gasteiger partial charge in [-0.25, -0.2) is 9.78 Å². The number of H-pyrrole nitrogens is 1. The van der Waals surface area contributed by atoms with E-state index in [1.807, 2.05) is 0 Å². The second kappa shape index (κ2) is 8.34. The fraction of sp³-hybridized carbons (Fsp3) is 0.200. The lowest BCUT2D eigenvalue weighted by molar-refractivity contribution is 0.0781. The topological polar surface area (TPSA) is 104 Å². The SMILES string of the molecule is CCOC(=O)Nc1cccc(C(=O)N(C)Cc2nc3ccccc3c(=O)[nH]2)c1. The predicted octanol–water partition coefficient (Wildman–Crippen LogP) is 2.76. The Labute approximate surface area is 161 Å². The molecule has 144 valence electrons. The summed E-state index contributed by atoms with van der Waals surface area (Å²) in [6.45, 7) is 2.10. The zero-order valence-electron chi connectivity index (χ0n) is 15.6. The van der Waals surface area contributed by atoms with Crippen LogP contribution in [0.3, 0.4) is 0 Å². The van der Waals surface area contributed by atoms with Gasteiger partial charge in [-0.2, -0.15) is 0 Å². The normalized spacial score (nSPS) is 10.5. The van der Waals surface area contributed by atoms with Gasteiger partial charge in [0.25, 0.3) is 11.5 Å². The first kappa shape index (κ1) is 19.1. The number of aromatic amines is 1. The van der Waals surface area contributed by atoms with Gasteiger partial charge in [0.2, 0.25) is 0 Å². The number of aromatic nitrogens is 2. The number of carbonyl (C=O) groups is 2. The molecule has 2 aromatic carbocycles. The number of benzene rings is 2. The lowest BCUT2D eigenvalue weighted by Gasteiger charge is -2.17. The number of amides is 2. The average Bonchev–Trinajstić information content (AvgIpc) is 2.68. The van der Waals surface area contributed by atoms with E-state index in [-0.39, 0.29) is 24.6 Å². The number of fused-ring (bicyclic) bond motifs is 1. The summed E-state index contributed by atoms with van der Waals surface area (Å²) in [7, 11) is 1.61. The summed E-state index contributed by atoms with van der Waals surface area (Å²) < 4.78 is 4.83. The number of carbonyl (C=O) groups excluding carboxylic acids is 2. The number of rotatable bonds is 5. The van der Waals surface area contributed by atoms with Gasteiger partial charge in [0.05, 0.1) is 24.1 Å². The van der Waals surface area contributed by atoms with Crippen LogP contribution < -0.4 is 10.9 Å². The molecule has 0 saturated heterocycles. The lowest BCUT2D eigenvalue weighted by atomic mass is 10.1. The monoisotopic (exact) mass is 380 g/mol. The molecule has 3 aromatic rings. The Balaban J connectivity index is 1.76. The van der Waals surface area contributed by atoms with Gasteiger partial charge in [0.15, 0.2) is 0 Å². The van der Waals surface area contributed by atoms with E-state index in [0.29, 0.717) is 28.0 Å². The third-order valence-corrected chi connectivity index (χ3v) is 4.03. The summed E-state index contributed by atoms with van der Waals surface area (Å²) in [5.41, 5.74) is 1.17. The zero-order chi connectivity index (χ0) is 20.1. The highest BCUT2D eigenvalue weighted by Gasteiger charge is 2.15. The van der Waals surface area contributed by atoms with Crippen LogP contribution in [-0.2, 0) is 11.3 Å². The minimum absolute atomic E-state index is 0.133. The highest BCUT2D eigenvalue weighted by molar-refractivity contribution is 5.96. The molecular weight excluding hydrogens is 360 g/mol. The largest absolute Gasteiger partial charge is 0.450 e. The Bertz CT molecular complexity index is 1080. The summed E-state index contributed by atoms with van der Waals surface area (Å²) in [5, 5.41) is 3.06. The molecule has 2 amide bonds. The summed E-state index contributed by atoms with van der Waals surface area (Å²) in [6.07, 6.45) is -0.585. The molecule has 0 aliphatic heterocycles. The lowest BCUT2D eigenvalue weighted by Crippen LogP contribution is -2.28. The molecule has 1 heterocycles. The maximum absolute atomic E-state index is 12.7. The van der Waals surface area contributed by atoms with E-state index in [9.17, 15) is 14.4 Å². The molecule has 3 rings (SSSR count). The van der Waals surface area contributed by atoms with Crippen LogP contribution in [0.4, 0.5) is 10.5 Å². The van der Waals surface area contributed by atoms with Gasteiger partial charge in [-0.15, -0.1) is 0 Å². The Morgan fingerprint density at radius 1 is 1.18 bits per heavy atom. The Morgan fingerprint density at radius 2 is 1.96 bits per heavy atom.